The zero-order valence-corrected chi connectivity index (χ0v) is 20.7. The molecule has 0 radical (unpaired) electrons. The Morgan fingerprint density at radius 1 is 0.774 bits per heavy atom. The van der Waals surface area contributed by atoms with E-state index in [1.54, 1.807) is 0 Å². The zero-order chi connectivity index (χ0) is 23.7. The van der Waals surface area contributed by atoms with Crippen LogP contribution in [0.25, 0.3) is 0 Å². The molecule has 6 heteroatoms. The number of aliphatic carboxylic acids is 1. The SMILES string of the molecule is CCCCCCCCCCCCCCC(CC(=O)O)C(=O)N[C@H](C(=O)NC)C(C)(C)C. The third-order valence-corrected chi connectivity index (χ3v) is 5.86. The molecule has 2 amide bonds. The minimum atomic E-state index is -0.980. The molecule has 0 bridgehead atoms. The van der Waals surface area contributed by atoms with Crippen LogP contribution in [-0.2, 0) is 14.4 Å². The van der Waals surface area contributed by atoms with Gasteiger partial charge in [0.1, 0.15) is 6.04 Å². The number of carbonyl (C=O) groups excluding carboxylic acids is 2. The number of carboxylic acids is 1. The van der Waals surface area contributed by atoms with Gasteiger partial charge in [-0.05, 0) is 11.8 Å². The summed E-state index contributed by atoms with van der Waals surface area (Å²) in [6, 6.07) is -0.691. The molecule has 0 fully saturated rings. The van der Waals surface area contributed by atoms with Crippen molar-refractivity contribution >= 4 is 17.8 Å². The summed E-state index contributed by atoms with van der Waals surface area (Å²) in [4.78, 5) is 36.2. The average molecular weight is 441 g/mol. The van der Waals surface area contributed by atoms with Crippen molar-refractivity contribution in [2.45, 2.75) is 124 Å². The molecule has 0 saturated heterocycles. The second-order valence-electron chi connectivity index (χ2n) is 9.89. The van der Waals surface area contributed by atoms with Crippen LogP contribution in [0.1, 0.15) is 118 Å². The highest BCUT2D eigenvalue weighted by Crippen LogP contribution is 2.22. The van der Waals surface area contributed by atoms with Crippen LogP contribution in [0.2, 0.25) is 0 Å². The summed E-state index contributed by atoms with van der Waals surface area (Å²) in [5.41, 5.74) is -0.459. The highest BCUT2D eigenvalue weighted by molar-refractivity contribution is 5.90. The first-order chi connectivity index (χ1) is 14.6. The third kappa shape index (κ3) is 14.9. The summed E-state index contributed by atoms with van der Waals surface area (Å²) in [6.07, 6.45) is 15.1. The largest absolute Gasteiger partial charge is 0.481 e. The van der Waals surface area contributed by atoms with Crippen LogP contribution in [0.3, 0.4) is 0 Å². The number of rotatable bonds is 18. The van der Waals surface area contributed by atoms with Gasteiger partial charge < -0.3 is 15.7 Å². The third-order valence-electron chi connectivity index (χ3n) is 5.86. The van der Waals surface area contributed by atoms with Crippen molar-refractivity contribution in [1.82, 2.24) is 10.6 Å². The van der Waals surface area contributed by atoms with Crippen LogP contribution in [0.15, 0.2) is 0 Å². The van der Waals surface area contributed by atoms with Gasteiger partial charge in [0, 0.05) is 13.0 Å². The van der Waals surface area contributed by atoms with E-state index in [1.165, 1.54) is 64.8 Å². The summed E-state index contributed by atoms with van der Waals surface area (Å²) in [6.45, 7) is 7.88. The number of amides is 2. The van der Waals surface area contributed by atoms with Crippen LogP contribution in [0.5, 0.6) is 0 Å². The molecule has 0 aliphatic rings. The molecule has 0 rings (SSSR count). The fourth-order valence-electron chi connectivity index (χ4n) is 3.85. The molecule has 1 unspecified atom stereocenters. The molecule has 0 aliphatic heterocycles. The second kappa shape index (κ2) is 17.0. The molecule has 31 heavy (non-hydrogen) atoms. The summed E-state index contributed by atoms with van der Waals surface area (Å²) >= 11 is 0. The number of carbonyl (C=O) groups is 3. The Morgan fingerprint density at radius 2 is 1.23 bits per heavy atom. The van der Waals surface area contributed by atoms with Gasteiger partial charge in [0.05, 0.1) is 6.42 Å². The molecule has 0 aromatic rings. The summed E-state index contributed by atoms with van der Waals surface area (Å²) < 4.78 is 0. The van der Waals surface area contributed by atoms with Crippen LogP contribution in [-0.4, -0.2) is 36.0 Å². The predicted octanol–water partition coefficient (Wildman–Crippen LogP) is 5.45. The van der Waals surface area contributed by atoms with Gasteiger partial charge in [-0.15, -0.1) is 0 Å². The van der Waals surface area contributed by atoms with Crippen molar-refractivity contribution in [3.63, 3.8) is 0 Å². The summed E-state index contributed by atoms with van der Waals surface area (Å²) in [7, 11) is 1.54. The number of hydrogen-bond donors (Lipinski definition) is 3. The molecular formula is C25H48N2O4. The molecule has 3 N–H and O–H groups in total. The predicted molar refractivity (Wildman–Crippen MR) is 127 cm³/mol. The molecule has 0 heterocycles. The molecular weight excluding hydrogens is 392 g/mol. The van der Waals surface area contributed by atoms with Gasteiger partial charge in [-0.25, -0.2) is 0 Å². The fourth-order valence-corrected chi connectivity index (χ4v) is 3.85. The van der Waals surface area contributed by atoms with Crippen molar-refractivity contribution in [2.75, 3.05) is 7.05 Å². The van der Waals surface area contributed by atoms with E-state index in [4.69, 9.17) is 0 Å². The maximum Gasteiger partial charge on any atom is 0.304 e. The van der Waals surface area contributed by atoms with Gasteiger partial charge >= 0.3 is 5.97 Å². The smallest absolute Gasteiger partial charge is 0.304 e. The first-order valence-corrected chi connectivity index (χ1v) is 12.4. The normalized spacial score (nSPS) is 13.5. The number of likely N-dealkylation sites (N-methyl/N-ethyl adjacent to an activating group) is 1. The van der Waals surface area contributed by atoms with Crippen LogP contribution < -0.4 is 10.6 Å². The van der Waals surface area contributed by atoms with Gasteiger partial charge in [0.15, 0.2) is 0 Å². The van der Waals surface area contributed by atoms with Crippen LogP contribution in [0.4, 0.5) is 0 Å². The first-order valence-electron chi connectivity index (χ1n) is 12.4. The Hall–Kier alpha value is -1.59. The first kappa shape index (κ1) is 29.4. The van der Waals surface area contributed by atoms with Gasteiger partial charge in [0.25, 0.3) is 0 Å². The highest BCUT2D eigenvalue weighted by Gasteiger charge is 2.34. The minimum absolute atomic E-state index is 0.200. The minimum Gasteiger partial charge on any atom is -0.481 e. The Kier molecular flexibility index (Phi) is 16.1. The highest BCUT2D eigenvalue weighted by atomic mass is 16.4. The van der Waals surface area contributed by atoms with E-state index in [0.717, 1.165) is 19.3 Å². The molecule has 182 valence electrons. The van der Waals surface area contributed by atoms with Gasteiger partial charge in [-0.2, -0.15) is 0 Å². The lowest BCUT2D eigenvalue weighted by Gasteiger charge is -2.31. The lowest BCUT2D eigenvalue weighted by molar-refractivity contribution is -0.142. The molecule has 0 spiro atoms. The lowest BCUT2D eigenvalue weighted by Crippen LogP contribution is -2.54. The number of carboxylic acid groups (broad SMARTS) is 1. The maximum atomic E-state index is 12.7. The van der Waals surface area contributed by atoms with Crippen molar-refractivity contribution in [3.05, 3.63) is 0 Å². The summed E-state index contributed by atoms with van der Waals surface area (Å²) in [5.74, 6) is -2.18. The topological polar surface area (TPSA) is 95.5 Å². The van der Waals surface area contributed by atoms with Crippen molar-refractivity contribution in [2.24, 2.45) is 11.3 Å². The zero-order valence-electron chi connectivity index (χ0n) is 20.7. The second-order valence-corrected chi connectivity index (χ2v) is 9.89. The molecule has 0 saturated carbocycles. The standard InChI is InChI=1S/C25H48N2O4/c1-6-7-8-9-10-11-12-13-14-15-16-17-18-20(19-21(28)29)23(30)27-22(24(31)26-5)25(2,3)4/h20,22H,6-19H2,1-5H3,(H,26,31)(H,27,30)(H,28,29)/t20?,22-/m1/s1. The monoisotopic (exact) mass is 440 g/mol. The average Bonchev–Trinajstić information content (AvgIpc) is 2.70. The number of hydrogen-bond acceptors (Lipinski definition) is 3. The molecule has 6 nitrogen and oxygen atoms in total. The van der Waals surface area contributed by atoms with Gasteiger partial charge in [0.2, 0.25) is 11.8 Å². The molecule has 0 aliphatic carbocycles. The van der Waals surface area contributed by atoms with Gasteiger partial charge in [-0.3, -0.25) is 14.4 Å². The Morgan fingerprint density at radius 3 is 1.61 bits per heavy atom. The van der Waals surface area contributed by atoms with Crippen LogP contribution in [0, 0.1) is 11.3 Å². The Balaban J connectivity index is 4.27. The van der Waals surface area contributed by atoms with E-state index in [1.807, 2.05) is 20.8 Å². The Bertz CT molecular complexity index is 514. The number of nitrogens with one attached hydrogen (secondary N) is 2. The van der Waals surface area contributed by atoms with E-state index in [0.29, 0.717) is 6.42 Å². The Labute approximate surface area is 190 Å². The van der Waals surface area contributed by atoms with E-state index in [-0.39, 0.29) is 18.2 Å². The van der Waals surface area contributed by atoms with E-state index < -0.39 is 23.3 Å². The van der Waals surface area contributed by atoms with E-state index in [9.17, 15) is 19.5 Å². The van der Waals surface area contributed by atoms with Crippen LogP contribution >= 0.6 is 0 Å². The van der Waals surface area contributed by atoms with E-state index >= 15 is 0 Å². The molecule has 0 aromatic heterocycles. The van der Waals surface area contributed by atoms with Crippen molar-refractivity contribution in [1.29, 1.82) is 0 Å². The lowest BCUT2D eigenvalue weighted by atomic mass is 9.85. The number of unbranched alkanes of at least 4 members (excludes halogenated alkanes) is 11. The van der Waals surface area contributed by atoms with E-state index in [2.05, 4.69) is 17.6 Å². The van der Waals surface area contributed by atoms with Crippen molar-refractivity contribution < 1.29 is 19.5 Å². The summed E-state index contributed by atoms with van der Waals surface area (Å²) in [5, 5.41) is 14.6. The molecule has 2 atom stereocenters. The van der Waals surface area contributed by atoms with Gasteiger partial charge in [-0.1, -0.05) is 105 Å². The quantitative estimate of drug-likeness (QED) is 0.247. The van der Waals surface area contributed by atoms with Crippen molar-refractivity contribution in [3.8, 4) is 0 Å². The fraction of sp³-hybridized carbons (Fsp3) is 0.880. The molecule has 0 aromatic carbocycles. The maximum absolute atomic E-state index is 12.7.